The highest BCUT2D eigenvalue weighted by atomic mass is 19.1. The first-order chi connectivity index (χ1) is 12.5. The third kappa shape index (κ3) is 2.11. The van der Waals surface area contributed by atoms with E-state index in [0.717, 1.165) is 18.2 Å². The van der Waals surface area contributed by atoms with Crippen molar-refractivity contribution in [3.63, 3.8) is 0 Å². The van der Waals surface area contributed by atoms with E-state index in [1.807, 2.05) is 0 Å². The van der Waals surface area contributed by atoms with Crippen LogP contribution in [0.5, 0.6) is 0 Å². The maximum absolute atomic E-state index is 15.3. The molecule has 5 rings (SSSR count). The maximum atomic E-state index is 15.3. The number of carboxylic acid groups (broad SMARTS) is 1. The van der Waals surface area contributed by atoms with Gasteiger partial charge in [-0.15, -0.1) is 0 Å². The molecule has 1 aromatic carbocycles. The summed E-state index contributed by atoms with van der Waals surface area (Å²) in [5, 5.41) is 10.9. The molecule has 3 aromatic rings. The fourth-order valence-electron chi connectivity index (χ4n) is 4.17. The number of benzene rings is 1. The van der Waals surface area contributed by atoms with Crippen LogP contribution in [0, 0.1) is 17.7 Å². The molecule has 2 atom stereocenters. The molecule has 0 spiro atoms. The molecule has 0 unspecified atom stereocenters. The smallest absolute Gasteiger partial charge is 0.343 e. The minimum absolute atomic E-state index is 0.107. The lowest BCUT2D eigenvalue weighted by atomic mass is 9.89. The monoisotopic (exact) mass is 358 g/mol. The second-order valence-corrected chi connectivity index (χ2v) is 7.23. The highest BCUT2D eigenvalue weighted by molar-refractivity contribution is 6.11. The summed E-state index contributed by atoms with van der Waals surface area (Å²) >= 11 is 0. The summed E-state index contributed by atoms with van der Waals surface area (Å²) in [6.07, 6.45) is 3.08. The normalized spacial score (nSPS) is 26.1. The van der Waals surface area contributed by atoms with Crippen molar-refractivity contribution in [3.05, 3.63) is 30.3 Å². The third-order valence-electron chi connectivity index (χ3n) is 5.60. The van der Waals surface area contributed by atoms with Gasteiger partial charge in [0.2, 0.25) is 5.67 Å². The van der Waals surface area contributed by atoms with Gasteiger partial charge in [-0.25, -0.2) is 23.5 Å². The average Bonchev–Trinajstić information content (AvgIpc) is 3.28. The molecule has 2 N–H and O–H groups in total. The Morgan fingerprint density at radius 3 is 2.88 bits per heavy atom. The Morgan fingerprint density at radius 1 is 1.35 bits per heavy atom. The largest absolute Gasteiger partial charge is 0.479 e. The van der Waals surface area contributed by atoms with Crippen LogP contribution in [0.15, 0.2) is 24.5 Å². The van der Waals surface area contributed by atoms with Gasteiger partial charge in [0, 0.05) is 17.8 Å². The predicted molar refractivity (Wildman–Crippen MR) is 91.3 cm³/mol. The lowest BCUT2D eigenvalue weighted by molar-refractivity contribution is -0.152. The molecule has 1 saturated heterocycles. The van der Waals surface area contributed by atoms with E-state index in [1.165, 1.54) is 18.5 Å². The topological polar surface area (TPSA) is 82.1 Å². The molecule has 1 aliphatic carbocycles. The van der Waals surface area contributed by atoms with E-state index in [4.69, 9.17) is 0 Å². The molecular formula is C18H16F2N4O2. The number of carbonyl (C=O) groups is 1. The van der Waals surface area contributed by atoms with Crippen molar-refractivity contribution in [2.24, 2.45) is 11.8 Å². The van der Waals surface area contributed by atoms with Crippen molar-refractivity contribution < 1.29 is 18.7 Å². The number of hydrogen-bond acceptors (Lipinski definition) is 4. The molecule has 2 fully saturated rings. The number of aliphatic carboxylic acids is 1. The van der Waals surface area contributed by atoms with E-state index in [9.17, 15) is 14.3 Å². The van der Waals surface area contributed by atoms with Crippen LogP contribution in [0.25, 0.3) is 21.9 Å². The molecule has 2 aliphatic rings. The molecule has 8 heteroatoms. The lowest BCUT2D eigenvalue weighted by Gasteiger charge is -2.20. The molecule has 26 heavy (non-hydrogen) atoms. The Morgan fingerprint density at radius 2 is 2.15 bits per heavy atom. The second kappa shape index (κ2) is 5.12. The number of nitrogens with one attached hydrogen (secondary N) is 1. The van der Waals surface area contributed by atoms with E-state index >= 15 is 4.39 Å². The Labute approximate surface area is 146 Å². The molecule has 6 nitrogen and oxygen atoms in total. The first-order valence-corrected chi connectivity index (χ1v) is 8.56. The molecule has 0 radical (unpaired) electrons. The van der Waals surface area contributed by atoms with E-state index < -0.39 is 17.6 Å². The summed E-state index contributed by atoms with van der Waals surface area (Å²) in [4.78, 5) is 24.9. The Balaban J connectivity index is 1.65. The number of anilines is 1. The van der Waals surface area contributed by atoms with Crippen LogP contribution in [0.1, 0.15) is 12.8 Å². The molecule has 0 bridgehead atoms. The van der Waals surface area contributed by atoms with Crippen LogP contribution in [0.2, 0.25) is 0 Å². The van der Waals surface area contributed by atoms with E-state index in [-0.39, 0.29) is 18.3 Å². The Hall–Kier alpha value is -2.77. The zero-order valence-electron chi connectivity index (χ0n) is 13.7. The van der Waals surface area contributed by atoms with Gasteiger partial charge in [-0.05, 0) is 37.0 Å². The Kier molecular flexibility index (Phi) is 3.05. The molecule has 2 aromatic heterocycles. The summed E-state index contributed by atoms with van der Waals surface area (Å²) in [6, 6.07) is 4.35. The molecule has 1 saturated carbocycles. The zero-order valence-corrected chi connectivity index (χ0v) is 13.7. The molecule has 3 heterocycles. The number of H-pyrrole nitrogens is 1. The third-order valence-corrected chi connectivity index (χ3v) is 5.60. The number of carboxylic acids is 1. The number of nitrogens with zero attached hydrogens (tertiary/aromatic N) is 3. The summed E-state index contributed by atoms with van der Waals surface area (Å²) in [7, 11) is 0. The number of aromatic nitrogens is 3. The van der Waals surface area contributed by atoms with Crippen molar-refractivity contribution in [3.8, 4) is 0 Å². The summed E-state index contributed by atoms with van der Waals surface area (Å²) < 4.78 is 28.8. The Bertz CT molecular complexity index is 1050. The second-order valence-electron chi connectivity index (χ2n) is 7.23. The number of aromatic amines is 1. The minimum atomic E-state index is -2.28. The standard InChI is InChI=1S/C18H16F2N4O2/c19-10-3-4-11-13(5-10)23-15-14(11)16(22-8-21-15)24-6-12(9-1-2-9)18(20,7-24)17(25)26/h3-5,8-9,12H,1-2,6-7H2,(H,25,26)(H,21,22,23)/t12-,18-/m0/s1. The van der Waals surface area contributed by atoms with E-state index in [0.29, 0.717) is 28.9 Å². The van der Waals surface area contributed by atoms with E-state index in [1.54, 1.807) is 11.0 Å². The van der Waals surface area contributed by atoms with Crippen molar-refractivity contribution >= 4 is 33.7 Å². The lowest BCUT2D eigenvalue weighted by Crippen LogP contribution is -2.42. The number of halogens is 2. The predicted octanol–water partition coefficient (Wildman–Crippen LogP) is 2.89. The van der Waals surface area contributed by atoms with Gasteiger partial charge in [-0.1, -0.05) is 0 Å². The van der Waals surface area contributed by atoms with Gasteiger partial charge in [-0.3, -0.25) is 0 Å². The van der Waals surface area contributed by atoms with Gasteiger partial charge in [-0.2, -0.15) is 0 Å². The van der Waals surface area contributed by atoms with Gasteiger partial charge >= 0.3 is 5.97 Å². The number of rotatable bonds is 3. The van der Waals surface area contributed by atoms with Crippen LogP contribution in [-0.4, -0.2) is 44.8 Å². The fourth-order valence-corrected chi connectivity index (χ4v) is 4.17. The van der Waals surface area contributed by atoms with Gasteiger partial charge in [0.25, 0.3) is 0 Å². The van der Waals surface area contributed by atoms with Crippen molar-refractivity contribution in [1.82, 2.24) is 15.0 Å². The summed E-state index contributed by atoms with van der Waals surface area (Å²) in [5.41, 5.74) is -1.19. The van der Waals surface area contributed by atoms with Crippen molar-refractivity contribution in [2.45, 2.75) is 18.5 Å². The molecular weight excluding hydrogens is 342 g/mol. The van der Waals surface area contributed by atoms with Gasteiger partial charge in [0.05, 0.1) is 17.4 Å². The molecule has 134 valence electrons. The highest BCUT2D eigenvalue weighted by Gasteiger charge is 2.58. The first kappa shape index (κ1) is 15.5. The van der Waals surface area contributed by atoms with Crippen molar-refractivity contribution in [1.29, 1.82) is 0 Å². The average molecular weight is 358 g/mol. The molecule has 1 aliphatic heterocycles. The zero-order chi connectivity index (χ0) is 18.1. The first-order valence-electron chi connectivity index (χ1n) is 8.56. The molecule has 0 amide bonds. The van der Waals surface area contributed by atoms with Crippen molar-refractivity contribution in [2.75, 3.05) is 18.0 Å². The minimum Gasteiger partial charge on any atom is -0.479 e. The van der Waals surface area contributed by atoms with Crippen LogP contribution in [0.3, 0.4) is 0 Å². The van der Waals surface area contributed by atoms with Gasteiger partial charge < -0.3 is 15.0 Å². The van der Waals surface area contributed by atoms with Gasteiger partial charge in [0.1, 0.15) is 23.6 Å². The quantitative estimate of drug-likeness (QED) is 0.752. The van der Waals surface area contributed by atoms with Crippen LogP contribution in [0.4, 0.5) is 14.6 Å². The summed E-state index contributed by atoms with van der Waals surface area (Å²) in [6.45, 7) is 0.0525. The number of hydrogen-bond donors (Lipinski definition) is 2. The van der Waals surface area contributed by atoms with Crippen LogP contribution < -0.4 is 4.90 Å². The van der Waals surface area contributed by atoms with E-state index in [2.05, 4.69) is 15.0 Å². The fraction of sp³-hybridized carbons (Fsp3) is 0.389. The SMILES string of the molecule is O=C(O)[C@]1(F)CN(c2ncnc3[nH]c4cc(F)ccc4c23)C[C@H]1C1CC1. The van der Waals surface area contributed by atoms with Crippen LogP contribution in [-0.2, 0) is 4.79 Å². The maximum Gasteiger partial charge on any atom is 0.343 e. The number of alkyl halides is 1. The summed E-state index contributed by atoms with van der Waals surface area (Å²) in [5.74, 6) is -1.74. The highest BCUT2D eigenvalue weighted by Crippen LogP contribution is 2.49. The van der Waals surface area contributed by atoms with Crippen LogP contribution >= 0.6 is 0 Å². The number of fused-ring (bicyclic) bond motifs is 3. The van der Waals surface area contributed by atoms with Gasteiger partial charge in [0.15, 0.2) is 0 Å².